The van der Waals surface area contributed by atoms with Crippen LogP contribution in [0.1, 0.15) is 11.1 Å². The number of piperazine rings is 1. The maximum absolute atomic E-state index is 12.9. The van der Waals surface area contributed by atoms with Crippen molar-refractivity contribution in [2.45, 2.75) is 13.3 Å². The van der Waals surface area contributed by atoms with Gasteiger partial charge in [0, 0.05) is 48.5 Å². The molecule has 158 valence electrons. The first kappa shape index (κ1) is 19.6. The molecule has 1 aliphatic heterocycles. The monoisotopic (exact) mass is 413 g/mol. The number of furan rings is 1. The second-order valence-corrected chi connectivity index (χ2v) is 8.44. The Balaban J connectivity index is 1.34. The minimum Gasteiger partial charge on any atom is -0.464 e. The van der Waals surface area contributed by atoms with Crippen molar-refractivity contribution in [2.24, 2.45) is 0 Å². The molecule has 31 heavy (non-hydrogen) atoms. The molecule has 1 fully saturated rings. The lowest BCUT2D eigenvalue weighted by Gasteiger charge is -2.34. The Morgan fingerprint density at radius 1 is 1.03 bits per heavy atom. The van der Waals surface area contributed by atoms with Gasteiger partial charge < -0.3 is 19.5 Å². The molecule has 0 radical (unpaired) electrons. The Morgan fingerprint density at radius 3 is 2.65 bits per heavy atom. The fourth-order valence-electron chi connectivity index (χ4n) is 4.42. The molecule has 0 aliphatic carbocycles. The summed E-state index contributed by atoms with van der Waals surface area (Å²) in [5.41, 5.74) is 4.88. The minimum absolute atomic E-state index is 0.0360. The summed E-state index contributed by atoms with van der Waals surface area (Å²) >= 11 is 0. The normalized spacial score (nSPS) is 15.0. The molecule has 5 heteroatoms. The van der Waals surface area contributed by atoms with Gasteiger partial charge in [0.25, 0.3) is 0 Å². The summed E-state index contributed by atoms with van der Waals surface area (Å²) < 4.78 is 5.73. The average Bonchev–Trinajstić information content (AvgIpc) is 3.19. The molecule has 1 aromatic heterocycles. The molecule has 0 saturated carbocycles. The molecule has 0 unspecified atom stereocenters. The number of aryl methyl sites for hydroxylation is 1. The molecule has 3 aromatic carbocycles. The number of hydrogen-bond acceptors (Lipinski definition) is 4. The van der Waals surface area contributed by atoms with Crippen molar-refractivity contribution in [1.82, 2.24) is 4.90 Å². The Labute approximate surface area is 182 Å². The predicted octanol–water partition coefficient (Wildman–Crippen LogP) is 4.83. The van der Waals surface area contributed by atoms with Gasteiger partial charge in [-0.3, -0.25) is 4.79 Å². The zero-order valence-corrected chi connectivity index (χ0v) is 18.0. The highest BCUT2D eigenvalue weighted by Gasteiger charge is 2.16. The number of hydrogen-bond donors (Lipinski definition) is 1. The van der Waals surface area contributed by atoms with Gasteiger partial charge in [0.05, 0.1) is 12.7 Å². The molecule has 1 saturated heterocycles. The van der Waals surface area contributed by atoms with Crippen LogP contribution in [0, 0.1) is 6.92 Å². The first-order valence-electron chi connectivity index (χ1n) is 10.8. The van der Waals surface area contributed by atoms with Gasteiger partial charge in [0.2, 0.25) is 5.91 Å². The van der Waals surface area contributed by atoms with Crippen LogP contribution in [0.25, 0.3) is 21.7 Å². The van der Waals surface area contributed by atoms with E-state index in [1.54, 1.807) is 6.26 Å². The number of likely N-dealkylation sites (N-methyl/N-ethyl adjacent to an activating group) is 1. The number of rotatable bonds is 4. The summed E-state index contributed by atoms with van der Waals surface area (Å²) in [6.07, 6.45) is 1.99. The van der Waals surface area contributed by atoms with Crippen LogP contribution in [-0.2, 0) is 11.2 Å². The van der Waals surface area contributed by atoms with Crippen LogP contribution in [0.15, 0.2) is 65.3 Å². The van der Waals surface area contributed by atoms with E-state index in [1.807, 2.05) is 24.3 Å². The van der Waals surface area contributed by atoms with Crippen molar-refractivity contribution >= 4 is 39.0 Å². The van der Waals surface area contributed by atoms with E-state index in [0.717, 1.165) is 64.7 Å². The number of carbonyl (C=O) groups excluding carboxylic acids is 1. The molecule has 0 bridgehead atoms. The van der Waals surface area contributed by atoms with E-state index in [2.05, 4.69) is 59.4 Å². The Bertz CT molecular complexity index is 1250. The van der Waals surface area contributed by atoms with Gasteiger partial charge in [0.1, 0.15) is 5.58 Å². The van der Waals surface area contributed by atoms with Crippen molar-refractivity contribution in [3.05, 3.63) is 72.0 Å². The van der Waals surface area contributed by atoms with E-state index >= 15 is 0 Å². The highest BCUT2D eigenvalue weighted by molar-refractivity contribution is 6.09. The van der Waals surface area contributed by atoms with Crippen LogP contribution in [-0.4, -0.2) is 44.0 Å². The molecule has 0 spiro atoms. The van der Waals surface area contributed by atoms with Crippen molar-refractivity contribution < 1.29 is 9.21 Å². The average molecular weight is 414 g/mol. The Hall–Kier alpha value is -3.31. The summed E-state index contributed by atoms with van der Waals surface area (Å²) in [4.78, 5) is 17.6. The van der Waals surface area contributed by atoms with Gasteiger partial charge in [-0.05, 0) is 54.6 Å². The summed E-state index contributed by atoms with van der Waals surface area (Å²) in [6.45, 7) is 6.26. The summed E-state index contributed by atoms with van der Waals surface area (Å²) in [5, 5.41) is 6.38. The maximum Gasteiger partial charge on any atom is 0.228 e. The van der Waals surface area contributed by atoms with Crippen LogP contribution >= 0.6 is 0 Å². The molecular weight excluding hydrogens is 386 g/mol. The summed E-state index contributed by atoms with van der Waals surface area (Å²) in [7, 11) is 2.16. The summed E-state index contributed by atoms with van der Waals surface area (Å²) in [5.74, 6) is -0.0360. The third kappa shape index (κ3) is 3.89. The van der Waals surface area contributed by atoms with E-state index in [1.165, 1.54) is 5.69 Å². The maximum atomic E-state index is 12.9. The summed E-state index contributed by atoms with van der Waals surface area (Å²) in [6, 6.07) is 18.5. The number of fused-ring (bicyclic) bond motifs is 3. The lowest BCUT2D eigenvalue weighted by atomic mass is 10.0. The number of nitrogens with one attached hydrogen (secondary N) is 1. The van der Waals surface area contributed by atoms with Gasteiger partial charge in [-0.15, -0.1) is 0 Å². The van der Waals surface area contributed by atoms with Crippen LogP contribution < -0.4 is 10.2 Å². The molecular formula is C26H27N3O2. The number of amides is 1. The number of anilines is 2. The molecule has 0 atom stereocenters. The van der Waals surface area contributed by atoms with Gasteiger partial charge in [0.15, 0.2) is 0 Å². The number of carbonyl (C=O) groups is 1. The second kappa shape index (κ2) is 8.08. The zero-order valence-electron chi connectivity index (χ0n) is 18.0. The molecule has 4 aromatic rings. The van der Waals surface area contributed by atoms with Crippen LogP contribution in [0.3, 0.4) is 0 Å². The smallest absolute Gasteiger partial charge is 0.228 e. The fourth-order valence-corrected chi connectivity index (χ4v) is 4.42. The van der Waals surface area contributed by atoms with Gasteiger partial charge in [-0.2, -0.15) is 0 Å². The second-order valence-electron chi connectivity index (χ2n) is 8.44. The molecule has 1 N–H and O–H groups in total. The van der Waals surface area contributed by atoms with E-state index in [0.29, 0.717) is 0 Å². The fraction of sp³-hybridized carbons (Fsp3) is 0.269. The van der Waals surface area contributed by atoms with Crippen molar-refractivity contribution in [3.63, 3.8) is 0 Å². The van der Waals surface area contributed by atoms with Crippen molar-refractivity contribution in [2.75, 3.05) is 43.4 Å². The molecule has 2 heterocycles. The zero-order chi connectivity index (χ0) is 21.4. The van der Waals surface area contributed by atoms with E-state index < -0.39 is 0 Å². The highest BCUT2D eigenvalue weighted by Crippen LogP contribution is 2.30. The van der Waals surface area contributed by atoms with Crippen molar-refractivity contribution in [3.8, 4) is 0 Å². The SMILES string of the molecule is Cc1cc(N2CCN(C)CC2)ccc1NC(=O)Cc1coc2ccc3ccccc3c12. The highest BCUT2D eigenvalue weighted by atomic mass is 16.3. The third-order valence-corrected chi connectivity index (χ3v) is 6.24. The van der Waals surface area contributed by atoms with Crippen molar-refractivity contribution in [1.29, 1.82) is 0 Å². The van der Waals surface area contributed by atoms with Crippen LogP contribution in [0.4, 0.5) is 11.4 Å². The van der Waals surface area contributed by atoms with E-state index in [4.69, 9.17) is 4.42 Å². The third-order valence-electron chi connectivity index (χ3n) is 6.24. The number of nitrogens with zero attached hydrogens (tertiary/aromatic N) is 2. The van der Waals surface area contributed by atoms with E-state index in [-0.39, 0.29) is 12.3 Å². The van der Waals surface area contributed by atoms with Crippen LogP contribution in [0.5, 0.6) is 0 Å². The first-order valence-corrected chi connectivity index (χ1v) is 10.8. The largest absolute Gasteiger partial charge is 0.464 e. The standard InChI is InChI=1S/C26H27N3O2/c1-18-15-21(29-13-11-28(2)12-14-29)8-9-23(18)27-25(30)16-20-17-31-24-10-7-19-5-3-4-6-22(19)26(20)24/h3-10,15,17H,11-14,16H2,1-2H3,(H,27,30). The molecule has 5 rings (SSSR count). The predicted molar refractivity (Wildman–Crippen MR) is 127 cm³/mol. The lowest BCUT2D eigenvalue weighted by Crippen LogP contribution is -2.44. The topological polar surface area (TPSA) is 48.7 Å². The molecule has 5 nitrogen and oxygen atoms in total. The first-order chi connectivity index (χ1) is 15.1. The number of benzene rings is 3. The van der Waals surface area contributed by atoms with E-state index in [9.17, 15) is 4.79 Å². The van der Waals surface area contributed by atoms with Gasteiger partial charge in [-0.25, -0.2) is 0 Å². The van der Waals surface area contributed by atoms with Gasteiger partial charge in [-0.1, -0.05) is 30.3 Å². The van der Waals surface area contributed by atoms with Crippen LogP contribution in [0.2, 0.25) is 0 Å². The Morgan fingerprint density at radius 2 is 1.84 bits per heavy atom. The van der Waals surface area contributed by atoms with Gasteiger partial charge >= 0.3 is 0 Å². The quantitative estimate of drug-likeness (QED) is 0.521. The Kier molecular flexibility index (Phi) is 5.12. The molecule has 1 aliphatic rings. The minimum atomic E-state index is -0.0360. The molecule has 1 amide bonds. The lowest BCUT2D eigenvalue weighted by molar-refractivity contribution is -0.115.